The molecule has 9 heteroatoms. The highest BCUT2D eigenvalue weighted by Crippen LogP contribution is 2.27. The third-order valence-corrected chi connectivity index (χ3v) is 4.95. The van der Waals surface area contributed by atoms with Crippen LogP contribution in [0.15, 0.2) is 41.6 Å². The molecule has 0 atom stereocenters. The Balaban J connectivity index is 1.72. The Morgan fingerprint density at radius 1 is 1.26 bits per heavy atom. The predicted octanol–water partition coefficient (Wildman–Crippen LogP) is 3.67. The van der Waals surface area contributed by atoms with Crippen LogP contribution in [0.25, 0.3) is 5.69 Å². The van der Waals surface area contributed by atoms with Gasteiger partial charge in [-0.3, -0.25) is 4.79 Å². The molecule has 0 spiro atoms. The van der Waals surface area contributed by atoms with Crippen LogP contribution in [-0.4, -0.2) is 39.0 Å². The fourth-order valence-corrected chi connectivity index (χ4v) is 3.38. The number of aryl methyl sites for hydroxylation is 2. The Morgan fingerprint density at radius 3 is 2.81 bits per heavy atom. The quantitative estimate of drug-likeness (QED) is 0.632. The zero-order valence-corrected chi connectivity index (χ0v) is 16.6. The summed E-state index contributed by atoms with van der Waals surface area (Å²) in [6.07, 6.45) is 0. The summed E-state index contributed by atoms with van der Waals surface area (Å²) in [7, 11) is 1.59. The van der Waals surface area contributed by atoms with E-state index in [9.17, 15) is 4.79 Å². The largest absolute Gasteiger partial charge is 0.494 e. The summed E-state index contributed by atoms with van der Waals surface area (Å²) < 4.78 is 6.96. The molecule has 0 aliphatic carbocycles. The molecule has 0 bridgehead atoms. The SMILES string of the molecule is COc1ccc(C)cc1-n1nnnc1SCC(=O)Nc1ccc(Cl)cc1C. The van der Waals surface area contributed by atoms with Gasteiger partial charge in [0.15, 0.2) is 0 Å². The van der Waals surface area contributed by atoms with Gasteiger partial charge in [0.1, 0.15) is 11.4 Å². The van der Waals surface area contributed by atoms with Gasteiger partial charge in [-0.2, -0.15) is 4.68 Å². The number of benzene rings is 2. The van der Waals surface area contributed by atoms with Gasteiger partial charge in [0.2, 0.25) is 11.1 Å². The number of amides is 1. The maximum absolute atomic E-state index is 12.3. The summed E-state index contributed by atoms with van der Waals surface area (Å²) in [5.74, 6) is 0.656. The molecular weight excluding hydrogens is 386 g/mol. The van der Waals surface area contributed by atoms with Gasteiger partial charge in [0.25, 0.3) is 0 Å². The highest BCUT2D eigenvalue weighted by atomic mass is 35.5. The van der Waals surface area contributed by atoms with E-state index in [-0.39, 0.29) is 11.7 Å². The topological polar surface area (TPSA) is 81.9 Å². The number of thioether (sulfide) groups is 1. The molecule has 0 saturated carbocycles. The zero-order valence-electron chi connectivity index (χ0n) is 15.1. The number of halogens is 1. The van der Waals surface area contributed by atoms with Crippen molar-refractivity contribution >= 4 is 35.0 Å². The Labute approximate surface area is 166 Å². The van der Waals surface area contributed by atoms with Crippen molar-refractivity contribution in [1.82, 2.24) is 20.2 Å². The first-order valence-electron chi connectivity index (χ1n) is 8.10. The summed E-state index contributed by atoms with van der Waals surface area (Å²) in [4.78, 5) is 12.3. The van der Waals surface area contributed by atoms with Gasteiger partial charge in [-0.15, -0.1) is 5.10 Å². The minimum Gasteiger partial charge on any atom is -0.494 e. The van der Waals surface area contributed by atoms with Crippen LogP contribution in [0.3, 0.4) is 0 Å². The van der Waals surface area contributed by atoms with Crippen LogP contribution in [0.1, 0.15) is 11.1 Å². The van der Waals surface area contributed by atoms with Gasteiger partial charge >= 0.3 is 0 Å². The number of carbonyl (C=O) groups is 1. The maximum atomic E-state index is 12.3. The first-order chi connectivity index (χ1) is 13.0. The van der Waals surface area contributed by atoms with Crippen molar-refractivity contribution in [2.75, 3.05) is 18.2 Å². The summed E-state index contributed by atoms with van der Waals surface area (Å²) in [6.45, 7) is 3.86. The number of hydrogen-bond acceptors (Lipinski definition) is 6. The summed E-state index contributed by atoms with van der Waals surface area (Å²) in [6, 6.07) is 11.0. The normalized spacial score (nSPS) is 10.7. The molecule has 27 heavy (non-hydrogen) atoms. The third-order valence-electron chi connectivity index (χ3n) is 3.80. The van der Waals surface area contributed by atoms with E-state index >= 15 is 0 Å². The average Bonchev–Trinajstić information content (AvgIpc) is 3.11. The standard InChI is InChI=1S/C18H18ClN5O2S/c1-11-4-7-16(26-3)15(8-11)24-18(21-22-23-24)27-10-17(25)20-14-6-5-13(19)9-12(14)2/h4-9H,10H2,1-3H3,(H,20,25). The van der Waals surface area contributed by atoms with E-state index in [0.29, 0.717) is 15.9 Å². The number of tetrazole rings is 1. The Bertz CT molecular complexity index is 976. The molecule has 7 nitrogen and oxygen atoms in total. The number of anilines is 1. The third kappa shape index (κ3) is 4.58. The molecule has 2 aromatic carbocycles. The first kappa shape index (κ1) is 19.2. The molecular formula is C18H18ClN5O2S. The molecule has 1 N–H and O–H groups in total. The van der Waals surface area contributed by atoms with Crippen molar-refractivity contribution in [1.29, 1.82) is 0 Å². The molecule has 1 aromatic heterocycles. The maximum Gasteiger partial charge on any atom is 0.234 e. The number of nitrogens with zero attached hydrogens (tertiary/aromatic N) is 4. The molecule has 1 heterocycles. The van der Waals surface area contributed by atoms with E-state index in [1.54, 1.807) is 30.0 Å². The van der Waals surface area contributed by atoms with Crippen LogP contribution in [0, 0.1) is 13.8 Å². The minimum atomic E-state index is -0.156. The monoisotopic (exact) mass is 403 g/mol. The van der Waals surface area contributed by atoms with Crippen LogP contribution in [0.5, 0.6) is 5.75 Å². The molecule has 0 aliphatic heterocycles. The molecule has 0 radical (unpaired) electrons. The second kappa shape index (κ2) is 8.41. The van der Waals surface area contributed by atoms with Crippen LogP contribution < -0.4 is 10.1 Å². The Hall–Kier alpha value is -2.58. The van der Waals surface area contributed by atoms with E-state index in [0.717, 1.165) is 22.5 Å². The van der Waals surface area contributed by atoms with Crippen molar-refractivity contribution in [2.45, 2.75) is 19.0 Å². The van der Waals surface area contributed by atoms with E-state index < -0.39 is 0 Å². The van der Waals surface area contributed by atoms with Crippen LogP contribution in [0.2, 0.25) is 5.02 Å². The smallest absolute Gasteiger partial charge is 0.234 e. The van der Waals surface area contributed by atoms with Crippen molar-refractivity contribution in [3.8, 4) is 11.4 Å². The van der Waals surface area contributed by atoms with E-state index in [1.165, 1.54) is 11.8 Å². The number of hydrogen-bond donors (Lipinski definition) is 1. The second-order valence-electron chi connectivity index (χ2n) is 5.84. The molecule has 3 aromatic rings. The van der Waals surface area contributed by atoms with Crippen molar-refractivity contribution in [3.63, 3.8) is 0 Å². The van der Waals surface area contributed by atoms with E-state index in [1.807, 2.05) is 32.0 Å². The lowest BCUT2D eigenvalue weighted by molar-refractivity contribution is -0.113. The number of methoxy groups -OCH3 is 1. The van der Waals surface area contributed by atoms with Gasteiger partial charge in [0, 0.05) is 10.7 Å². The average molecular weight is 404 g/mol. The fraction of sp³-hybridized carbons (Fsp3) is 0.222. The first-order valence-corrected chi connectivity index (χ1v) is 9.46. The van der Waals surface area contributed by atoms with Crippen LogP contribution in [-0.2, 0) is 4.79 Å². The Morgan fingerprint density at radius 2 is 2.07 bits per heavy atom. The van der Waals surface area contributed by atoms with E-state index in [4.69, 9.17) is 16.3 Å². The van der Waals surface area contributed by atoms with Crippen LogP contribution in [0.4, 0.5) is 5.69 Å². The zero-order chi connectivity index (χ0) is 19.4. The number of aromatic nitrogens is 4. The van der Waals surface area contributed by atoms with Gasteiger partial charge in [-0.05, 0) is 65.7 Å². The number of rotatable bonds is 6. The predicted molar refractivity (Wildman–Crippen MR) is 106 cm³/mol. The second-order valence-corrected chi connectivity index (χ2v) is 7.22. The highest BCUT2D eigenvalue weighted by Gasteiger charge is 2.15. The fourth-order valence-electron chi connectivity index (χ4n) is 2.47. The molecule has 3 rings (SSSR count). The lowest BCUT2D eigenvalue weighted by atomic mass is 10.2. The summed E-state index contributed by atoms with van der Waals surface area (Å²) >= 11 is 7.18. The number of ether oxygens (including phenoxy) is 1. The van der Waals surface area contributed by atoms with Crippen molar-refractivity contribution < 1.29 is 9.53 Å². The minimum absolute atomic E-state index is 0.156. The molecule has 140 valence electrons. The molecule has 0 aliphatic rings. The van der Waals surface area contributed by atoms with Gasteiger partial charge < -0.3 is 10.1 Å². The molecule has 0 saturated heterocycles. The molecule has 0 fully saturated rings. The summed E-state index contributed by atoms with van der Waals surface area (Å²) in [5, 5.41) is 15.8. The lowest BCUT2D eigenvalue weighted by Gasteiger charge is -2.11. The van der Waals surface area contributed by atoms with Crippen molar-refractivity contribution in [3.05, 3.63) is 52.5 Å². The van der Waals surface area contributed by atoms with E-state index in [2.05, 4.69) is 20.8 Å². The number of carbonyl (C=O) groups excluding carboxylic acids is 1. The highest BCUT2D eigenvalue weighted by molar-refractivity contribution is 7.99. The molecule has 1 amide bonds. The van der Waals surface area contributed by atoms with Crippen molar-refractivity contribution in [2.24, 2.45) is 0 Å². The van der Waals surface area contributed by atoms with Gasteiger partial charge in [0.05, 0.1) is 12.9 Å². The van der Waals surface area contributed by atoms with Crippen LogP contribution >= 0.6 is 23.4 Å². The van der Waals surface area contributed by atoms with Gasteiger partial charge in [-0.25, -0.2) is 0 Å². The molecule has 0 unspecified atom stereocenters. The summed E-state index contributed by atoms with van der Waals surface area (Å²) in [5.41, 5.74) is 3.40. The lowest BCUT2D eigenvalue weighted by Crippen LogP contribution is -2.15. The van der Waals surface area contributed by atoms with Gasteiger partial charge in [-0.1, -0.05) is 29.4 Å². The Kier molecular flexibility index (Phi) is 5.98. The number of nitrogens with one attached hydrogen (secondary N) is 1.